The fraction of sp³-hybridized carbons (Fsp3) is 0.412. The van der Waals surface area contributed by atoms with Crippen LogP contribution < -0.4 is 14.9 Å². The van der Waals surface area contributed by atoms with E-state index in [4.69, 9.17) is 32.8 Å². The molecule has 4 rings (SSSR count). The van der Waals surface area contributed by atoms with E-state index in [-0.39, 0.29) is 33.7 Å². The molecule has 3 aromatic rings. The molecule has 1 N–H and O–H groups in total. The number of unbranched alkanes of at least 4 members (excludes halogenated alkanes) is 2. The molecule has 5 atom stereocenters. The molecule has 0 unspecified atom stereocenters. The summed E-state index contributed by atoms with van der Waals surface area (Å²) in [6.45, 7) is 6.42. The van der Waals surface area contributed by atoms with E-state index in [1.165, 1.54) is 31.4 Å². The fourth-order valence-electron chi connectivity index (χ4n) is 5.31. The van der Waals surface area contributed by atoms with E-state index in [9.17, 15) is 33.9 Å². The summed E-state index contributed by atoms with van der Waals surface area (Å²) in [4.78, 5) is 73.7. The summed E-state index contributed by atoms with van der Waals surface area (Å²) in [5.74, 6) is -6.34. The van der Waals surface area contributed by atoms with Crippen molar-refractivity contribution in [2.75, 3.05) is 0 Å². The number of aliphatic carboxylic acids is 1. The number of fused-ring (bicyclic) bond motifs is 1. The maximum Gasteiger partial charge on any atom is 0.337 e. The van der Waals surface area contributed by atoms with Crippen LogP contribution in [-0.2, 0) is 42.9 Å². The highest BCUT2D eigenvalue weighted by Crippen LogP contribution is 2.38. The van der Waals surface area contributed by atoms with Crippen LogP contribution in [0.5, 0.6) is 11.5 Å². The van der Waals surface area contributed by atoms with Gasteiger partial charge < -0.3 is 37.9 Å². The molecule has 0 amide bonds. The smallest absolute Gasteiger partial charge is 0.337 e. The average molecular weight is 669 g/mol. The Morgan fingerprint density at radius 2 is 1.48 bits per heavy atom. The van der Waals surface area contributed by atoms with Crippen molar-refractivity contribution >= 4 is 40.8 Å². The zero-order valence-corrected chi connectivity index (χ0v) is 27.0. The normalized spacial score (nSPS) is 21.9. The molecule has 14 heteroatoms. The third-order valence-corrected chi connectivity index (χ3v) is 7.39. The number of hydrogen-bond donors (Lipinski definition) is 1. The van der Waals surface area contributed by atoms with E-state index < -0.39 is 54.1 Å². The van der Waals surface area contributed by atoms with E-state index in [1.807, 2.05) is 6.92 Å². The van der Waals surface area contributed by atoms with Crippen molar-refractivity contribution in [3.8, 4) is 22.6 Å². The summed E-state index contributed by atoms with van der Waals surface area (Å²) < 4.78 is 38.8. The van der Waals surface area contributed by atoms with Gasteiger partial charge in [-0.3, -0.25) is 24.0 Å². The van der Waals surface area contributed by atoms with Crippen LogP contribution in [0.15, 0.2) is 57.9 Å². The lowest BCUT2D eigenvalue weighted by Gasteiger charge is -2.48. The minimum atomic E-state index is -2.12. The van der Waals surface area contributed by atoms with Crippen LogP contribution in [0.25, 0.3) is 22.1 Å². The van der Waals surface area contributed by atoms with E-state index >= 15 is 0 Å². The molecule has 1 saturated heterocycles. The van der Waals surface area contributed by atoms with Crippen molar-refractivity contribution in [2.24, 2.45) is 0 Å². The zero-order valence-electron chi connectivity index (χ0n) is 27.0. The van der Waals surface area contributed by atoms with E-state index in [0.717, 1.165) is 40.0 Å². The molecular formula is C34H36O14. The largest absolute Gasteiger partial charge is 0.479 e. The van der Waals surface area contributed by atoms with Crippen LogP contribution in [0.2, 0.25) is 0 Å². The summed E-state index contributed by atoms with van der Waals surface area (Å²) in [7, 11) is 0. The average Bonchev–Trinajstić information content (AvgIpc) is 3.00. The Kier molecular flexibility index (Phi) is 11.2. The van der Waals surface area contributed by atoms with Crippen LogP contribution in [0, 0.1) is 0 Å². The molecule has 256 valence electrons. The highest BCUT2D eigenvalue weighted by molar-refractivity contribution is 5.83. The molecule has 2 aromatic carbocycles. The first kappa shape index (κ1) is 35.6. The molecule has 14 nitrogen and oxygen atoms in total. The topological polar surface area (TPSA) is 191 Å². The Bertz CT molecular complexity index is 1740. The molecule has 0 aliphatic carbocycles. The quantitative estimate of drug-likeness (QED) is 0.124. The lowest BCUT2D eigenvalue weighted by atomic mass is 9.92. The Morgan fingerprint density at radius 3 is 2.08 bits per heavy atom. The van der Waals surface area contributed by atoms with Crippen molar-refractivity contribution < 1.29 is 61.9 Å². The second-order valence-electron chi connectivity index (χ2n) is 11.3. The van der Waals surface area contributed by atoms with Crippen molar-refractivity contribution in [3.63, 3.8) is 0 Å². The van der Waals surface area contributed by atoms with Gasteiger partial charge in [0.2, 0.25) is 11.9 Å². The molecule has 2 heterocycles. The molecule has 1 aliphatic rings. The molecule has 1 fully saturated rings. The third-order valence-electron chi connectivity index (χ3n) is 7.39. The van der Waals surface area contributed by atoms with Gasteiger partial charge in [-0.2, -0.15) is 0 Å². The number of esters is 4. The number of carbonyl (C=O) groups is 5. The summed E-state index contributed by atoms with van der Waals surface area (Å²) in [6, 6.07) is 10.6. The van der Waals surface area contributed by atoms with Gasteiger partial charge in [-0.15, -0.1) is 0 Å². The van der Waals surface area contributed by atoms with Crippen LogP contribution in [0.3, 0.4) is 0 Å². The number of carboxylic acid groups (broad SMARTS) is 1. The standard InChI is InChI=1S/C34H36O14/c1-6-7-8-9-27(38)46-22-12-10-21(11-13-22)25-17-42-26-16-23(14-15-24(26)28(25)39)47-34(5)32(45-20(4)37)30(44-19(3)36)29(43-18(2)35)31(48-34)33(40)41/h10-17,29-32H,6-9H2,1-5H3,(H,40,41)/t29-,30-,31-,32+,34+/m0/s1. The first-order chi connectivity index (χ1) is 22.7. The molecule has 0 saturated carbocycles. The first-order valence-corrected chi connectivity index (χ1v) is 15.2. The lowest BCUT2D eigenvalue weighted by molar-refractivity contribution is -0.326. The Morgan fingerprint density at radius 1 is 0.854 bits per heavy atom. The minimum Gasteiger partial charge on any atom is -0.479 e. The van der Waals surface area contributed by atoms with Crippen molar-refractivity contribution in [1.29, 1.82) is 0 Å². The van der Waals surface area contributed by atoms with Gasteiger partial charge in [0.05, 0.1) is 10.9 Å². The molecule has 0 bridgehead atoms. The molecule has 1 aromatic heterocycles. The van der Waals surface area contributed by atoms with Crippen molar-refractivity contribution in [3.05, 3.63) is 59.0 Å². The van der Waals surface area contributed by atoms with Crippen LogP contribution >= 0.6 is 0 Å². The minimum absolute atomic E-state index is 0.000178. The number of rotatable bonds is 12. The molecule has 48 heavy (non-hydrogen) atoms. The molecule has 0 radical (unpaired) electrons. The number of hydrogen-bond acceptors (Lipinski definition) is 13. The second-order valence-corrected chi connectivity index (χ2v) is 11.3. The zero-order chi connectivity index (χ0) is 35.2. The SMILES string of the molecule is CCCCCC(=O)Oc1ccc(-c2coc3cc(O[C@]4(C)O[C@H](C(=O)O)[C@@H](OC(C)=O)[C@H](OC(C)=O)[C@H]4OC(C)=O)ccc3c2=O)cc1. The van der Waals surface area contributed by atoms with Gasteiger partial charge in [-0.25, -0.2) is 4.79 Å². The highest BCUT2D eigenvalue weighted by atomic mass is 16.8. The van der Waals surface area contributed by atoms with Crippen LogP contribution in [0.4, 0.5) is 0 Å². The summed E-state index contributed by atoms with van der Waals surface area (Å²) >= 11 is 0. The fourth-order valence-corrected chi connectivity index (χ4v) is 5.31. The van der Waals surface area contributed by atoms with Crippen LogP contribution in [-0.4, -0.2) is 65.2 Å². The Labute approximate surface area is 274 Å². The summed E-state index contributed by atoms with van der Waals surface area (Å²) in [6.07, 6.45) is -2.66. The van der Waals surface area contributed by atoms with Crippen molar-refractivity contribution in [2.45, 2.75) is 90.5 Å². The van der Waals surface area contributed by atoms with Gasteiger partial charge in [0.15, 0.2) is 23.7 Å². The van der Waals surface area contributed by atoms with Gasteiger partial charge in [0.1, 0.15) is 23.3 Å². The number of carboxylic acids is 1. The van der Waals surface area contributed by atoms with Crippen molar-refractivity contribution in [1.82, 2.24) is 0 Å². The summed E-state index contributed by atoms with van der Waals surface area (Å²) in [5, 5.41) is 10.1. The monoisotopic (exact) mass is 668 g/mol. The van der Waals surface area contributed by atoms with E-state index in [0.29, 0.717) is 17.7 Å². The summed E-state index contributed by atoms with van der Waals surface area (Å²) in [5.41, 5.74) is 0.462. The van der Waals surface area contributed by atoms with E-state index in [1.54, 1.807) is 24.3 Å². The second kappa shape index (κ2) is 15.1. The molecule has 0 spiro atoms. The van der Waals surface area contributed by atoms with Gasteiger partial charge in [0.25, 0.3) is 0 Å². The van der Waals surface area contributed by atoms with Gasteiger partial charge >= 0.3 is 29.8 Å². The van der Waals surface area contributed by atoms with Gasteiger partial charge in [-0.05, 0) is 36.2 Å². The first-order valence-electron chi connectivity index (χ1n) is 15.2. The lowest BCUT2D eigenvalue weighted by Crippen LogP contribution is -2.69. The van der Waals surface area contributed by atoms with E-state index in [2.05, 4.69) is 0 Å². The third kappa shape index (κ3) is 8.37. The maximum atomic E-state index is 13.4. The number of carbonyl (C=O) groups excluding carboxylic acids is 4. The predicted molar refractivity (Wildman–Crippen MR) is 166 cm³/mol. The van der Waals surface area contributed by atoms with Gasteiger partial charge in [-0.1, -0.05) is 31.9 Å². The van der Waals surface area contributed by atoms with Crippen LogP contribution in [0.1, 0.15) is 60.3 Å². The maximum absolute atomic E-state index is 13.4. The Hall–Kier alpha value is -5.24. The molecule has 1 aliphatic heterocycles. The van der Waals surface area contributed by atoms with Gasteiger partial charge in [0, 0.05) is 40.2 Å². The highest BCUT2D eigenvalue weighted by Gasteiger charge is 2.61. The Balaban J connectivity index is 1.64. The predicted octanol–water partition coefficient (Wildman–Crippen LogP) is 4.32. The number of benzene rings is 2. The molecular weight excluding hydrogens is 632 g/mol. The number of ether oxygens (including phenoxy) is 6.